The van der Waals surface area contributed by atoms with Gasteiger partial charge in [-0.15, -0.1) is 0 Å². The smallest absolute Gasteiger partial charge is 0.255 e. The van der Waals surface area contributed by atoms with Gasteiger partial charge < -0.3 is 14.8 Å². The number of carbonyl (C=O) groups is 1. The van der Waals surface area contributed by atoms with Crippen LogP contribution in [0.2, 0.25) is 0 Å². The minimum absolute atomic E-state index is 0.176. The number of aryl methyl sites for hydroxylation is 1. The number of carbonyl (C=O) groups excluding carboxylic acids is 1. The summed E-state index contributed by atoms with van der Waals surface area (Å²) in [7, 11) is 0. The summed E-state index contributed by atoms with van der Waals surface area (Å²) in [5, 5.41) is 2.29. The van der Waals surface area contributed by atoms with Crippen LogP contribution in [0.15, 0.2) is 60.7 Å². The van der Waals surface area contributed by atoms with Crippen molar-refractivity contribution < 1.29 is 23.0 Å². The molecule has 150 valence electrons. The largest absolute Gasteiger partial charge is 0.493 e. The van der Waals surface area contributed by atoms with E-state index in [0.29, 0.717) is 17.9 Å². The maximum Gasteiger partial charge on any atom is 0.255 e. The van der Waals surface area contributed by atoms with Crippen molar-refractivity contribution in [2.75, 3.05) is 11.9 Å². The Balaban J connectivity index is 1.83. The zero-order valence-electron chi connectivity index (χ0n) is 16.2. The summed E-state index contributed by atoms with van der Waals surface area (Å²) in [6.45, 7) is 4.41. The molecule has 0 heterocycles. The Bertz CT molecular complexity index is 1000. The summed E-state index contributed by atoms with van der Waals surface area (Å²) in [6, 6.07) is 15.8. The first kappa shape index (κ1) is 20.3. The van der Waals surface area contributed by atoms with E-state index in [1.54, 1.807) is 12.1 Å². The fraction of sp³-hybridized carbons (Fsp3) is 0.174. The van der Waals surface area contributed by atoms with Crippen molar-refractivity contribution in [2.24, 2.45) is 0 Å². The molecule has 0 aliphatic rings. The molecule has 0 unspecified atom stereocenters. The van der Waals surface area contributed by atoms with Crippen molar-refractivity contribution in [1.29, 1.82) is 0 Å². The molecule has 6 heteroatoms. The van der Waals surface area contributed by atoms with Gasteiger partial charge in [0.05, 0.1) is 6.61 Å². The van der Waals surface area contributed by atoms with Crippen LogP contribution >= 0.6 is 0 Å². The van der Waals surface area contributed by atoms with E-state index in [-0.39, 0.29) is 12.2 Å². The number of rotatable bonds is 7. The Morgan fingerprint density at radius 3 is 2.34 bits per heavy atom. The van der Waals surface area contributed by atoms with Gasteiger partial charge in [-0.05, 0) is 55.8 Å². The van der Waals surface area contributed by atoms with Crippen molar-refractivity contribution in [3.8, 4) is 11.5 Å². The number of benzene rings is 3. The highest BCUT2D eigenvalue weighted by Gasteiger charge is 2.16. The monoisotopic (exact) mass is 397 g/mol. The molecule has 0 aliphatic heterocycles. The lowest BCUT2D eigenvalue weighted by Crippen LogP contribution is -2.15. The number of anilines is 1. The standard InChI is InChI=1S/C23H21F2NO3/c1-3-28-21-12-11-16(23(27)26-22-18(24)8-6-9-19(22)25)13-17(21)14-29-20-10-5-4-7-15(20)2/h4-13H,3,14H2,1-2H3,(H,26,27). The normalized spacial score (nSPS) is 10.5. The number of ether oxygens (including phenoxy) is 2. The number of nitrogens with one attached hydrogen (secondary N) is 1. The Kier molecular flexibility index (Phi) is 6.44. The van der Waals surface area contributed by atoms with Gasteiger partial charge >= 0.3 is 0 Å². The highest BCUT2D eigenvalue weighted by Crippen LogP contribution is 2.25. The van der Waals surface area contributed by atoms with Crippen LogP contribution in [0.25, 0.3) is 0 Å². The molecule has 1 N–H and O–H groups in total. The number of amides is 1. The van der Waals surface area contributed by atoms with Crippen LogP contribution in [0.4, 0.5) is 14.5 Å². The molecule has 3 aromatic rings. The molecule has 0 radical (unpaired) electrons. The van der Waals surface area contributed by atoms with Crippen LogP contribution in [0.3, 0.4) is 0 Å². The summed E-state index contributed by atoms with van der Waals surface area (Å²) in [5.41, 5.74) is 1.38. The summed E-state index contributed by atoms with van der Waals surface area (Å²) < 4.78 is 39.1. The first-order chi connectivity index (χ1) is 14.0. The second-order valence-electron chi connectivity index (χ2n) is 6.36. The molecule has 4 nitrogen and oxygen atoms in total. The molecule has 3 rings (SSSR count). The highest BCUT2D eigenvalue weighted by molar-refractivity contribution is 6.04. The molecule has 0 aliphatic carbocycles. The van der Waals surface area contributed by atoms with Crippen molar-refractivity contribution in [1.82, 2.24) is 0 Å². The molecular formula is C23H21F2NO3. The zero-order valence-corrected chi connectivity index (χ0v) is 16.2. The fourth-order valence-corrected chi connectivity index (χ4v) is 2.81. The first-order valence-corrected chi connectivity index (χ1v) is 9.19. The Morgan fingerprint density at radius 2 is 1.66 bits per heavy atom. The SMILES string of the molecule is CCOc1ccc(C(=O)Nc2c(F)cccc2F)cc1COc1ccccc1C. The predicted octanol–water partition coefficient (Wildman–Crippen LogP) is 5.50. The number of para-hydroxylation sites is 2. The Morgan fingerprint density at radius 1 is 0.931 bits per heavy atom. The summed E-state index contributed by atoms with van der Waals surface area (Å²) >= 11 is 0. The maximum atomic E-state index is 13.8. The Hall–Kier alpha value is -3.41. The van der Waals surface area contributed by atoms with Crippen molar-refractivity contribution >= 4 is 11.6 Å². The molecule has 0 saturated carbocycles. The van der Waals surface area contributed by atoms with Gasteiger partial charge in [0.15, 0.2) is 0 Å². The Labute approximate surface area is 168 Å². The van der Waals surface area contributed by atoms with E-state index in [2.05, 4.69) is 5.32 Å². The topological polar surface area (TPSA) is 47.6 Å². The predicted molar refractivity (Wildman–Crippen MR) is 107 cm³/mol. The lowest BCUT2D eigenvalue weighted by atomic mass is 10.1. The van der Waals surface area contributed by atoms with Gasteiger partial charge in [0, 0.05) is 11.1 Å². The van der Waals surface area contributed by atoms with Crippen molar-refractivity contribution in [3.63, 3.8) is 0 Å². The van der Waals surface area contributed by atoms with E-state index in [1.165, 1.54) is 12.1 Å². The second kappa shape index (κ2) is 9.19. The van der Waals surface area contributed by atoms with Crippen LogP contribution in [-0.2, 0) is 6.61 Å². The van der Waals surface area contributed by atoms with Gasteiger partial charge in [-0.2, -0.15) is 0 Å². The van der Waals surface area contributed by atoms with E-state index in [9.17, 15) is 13.6 Å². The van der Waals surface area contributed by atoms with Crippen LogP contribution in [0.5, 0.6) is 11.5 Å². The van der Waals surface area contributed by atoms with Gasteiger partial charge in [0.25, 0.3) is 5.91 Å². The third-order valence-corrected chi connectivity index (χ3v) is 4.30. The zero-order chi connectivity index (χ0) is 20.8. The minimum atomic E-state index is -0.840. The summed E-state index contributed by atoms with van der Waals surface area (Å²) in [6.07, 6.45) is 0. The maximum absolute atomic E-state index is 13.8. The highest BCUT2D eigenvalue weighted by atomic mass is 19.1. The fourth-order valence-electron chi connectivity index (χ4n) is 2.81. The van der Waals surface area contributed by atoms with Gasteiger partial charge in [-0.1, -0.05) is 24.3 Å². The number of halogens is 2. The molecule has 0 saturated heterocycles. The van der Waals surface area contributed by atoms with Crippen LogP contribution in [0, 0.1) is 18.6 Å². The number of hydrogen-bond donors (Lipinski definition) is 1. The molecular weight excluding hydrogens is 376 g/mol. The summed E-state index contributed by atoms with van der Waals surface area (Å²) in [5.74, 6) is -1.01. The van der Waals surface area contributed by atoms with E-state index in [4.69, 9.17) is 9.47 Å². The van der Waals surface area contributed by atoms with Crippen LogP contribution in [-0.4, -0.2) is 12.5 Å². The second-order valence-corrected chi connectivity index (χ2v) is 6.36. The summed E-state index contributed by atoms with van der Waals surface area (Å²) in [4.78, 5) is 12.5. The molecule has 1 amide bonds. The lowest BCUT2D eigenvalue weighted by Gasteiger charge is -2.14. The van der Waals surface area contributed by atoms with Gasteiger partial charge in [-0.25, -0.2) is 8.78 Å². The minimum Gasteiger partial charge on any atom is -0.493 e. The molecule has 0 atom stereocenters. The van der Waals surface area contributed by atoms with E-state index < -0.39 is 23.2 Å². The molecule has 0 bridgehead atoms. The number of hydrogen-bond acceptors (Lipinski definition) is 3. The quantitative estimate of drug-likeness (QED) is 0.572. The van der Waals surface area contributed by atoms with Gasteiger partial charge in [0.1, 0.15) is 35.4 Å². The molecule has 29 heavy (non-hydrogen) atoms. The van der Waals surface area contributed by atoms with Gasteiger partial charge in [0.2, 0.25) is 0 Å². The van der Waals surface area contributed by atoms with E-state index >= 15 is 0 Å². The van der Waals surface area contributed by atoms with Crippen LogP contribution in [0.1, 0.15) is 28.4 Å². The average molecular weight is 397 g/mol. The van der Waals surface area contributed by atoms with Crippen molar-refractivity contribution in [2.45, 2.75) is 20.5 Å². The van der Waals surface area contributed by atoms with E-state index in [1.807, 2.05) is 38.1 Å². The third kappa shape index (κ3) is 4.90. The molecule has 0 fully saturated rings. The average Bonchev–Trinajstić information content (AvgIpc) is 2.71. The molecule has 3 aromatic carbocycles. The van der Waals surface area contributed by atoms with Crippen molar-refractivity contribution in [3.05, 3.63) is 89.0 Å². The third-order valence-electron chi connectivity index (χ3n) is 4.30. The lowest BCUT2D eigenvalue weighted by molar-refractivity contribution is 0.102. The molecule has 0 aromatic heterocycles. The molecule has 0 spiro atoms. The first-order valence-electron chi connectivity index (χ1n) is 9.19. The van der Waals surface area contributed by atoms with Crippen LogP contribution < -0.4 is 14.8 Å². The van der Waals surface area contributed by atoms with Gasteiger partial charge in [-0.3, -0.25) is 4.79 Å². The van der Waals surface area contributed by atoms with E-state index in [0.717, 1.165) is 23.4 Å².